The van der Waals surface area contributed by atoms with Gasteiger partial charge in [-0.3, -0.25) is 10.1 Å². The van der Waals surface area contributed by atoms with Gasteiger partial charge < -0.3 is 23.9 Å². The summed E-state index contributed by atoms with van der Waals surface area (Å²) in [7, 11) is 0. The Labute approximate surface area is 212 Å². The molecule has 0 aliphatic rings. The third kappa shape index (κ3) is 6.74. The first-order valence-corrected chi connectivity index (χ1v) is 12.2. The van der Waals surface area contributed by atoms with Crippen molar-refractivity contribution in [3.8, 4) is 28.6 Å². The summed E-state index contributed by atoms with van der Waals surface area (Å²) in [5, 5.41) is 5.86. The molecule has 3 rings (SSSR count). The van der Waals surface area contributed by atoms with E-state index in [1.54, 1.807) is 12.1 Å². The fraction of sp³-hybridized carbons (Fsp3) is 0.280. The molecule has 1 amide bonds. The normalized spacial score (nSPS) is 10.5. The lowest BCUT2D eigenvalue weighted by Crippen LogP contribution is -2.38. The van der Waals surface area contributed by atoms with E-state index in [2.05, 4.69) is 26.6 Å². The first-order valence-electron chi connectivity index (χ1n) is 10.9. The first-order chi connectivity index (χ1) is 16.4. The number of carbonyl (C=O) groups excluding carboxylic acids is 1. The van der Waals surface area contributed by atoms with Gasteiger partial charge in [-0.2, -0.15) is 0 Å². The van der Waals surface area contributed by atoms with Crippen LogP contribution in [-0.2, 0) is 6.54 Å². The summed E-state index contributed by atoms with van der Waals surface area (Å²) in [6.07, 6.45) is 0. The molecule has 34 heavy (non-hydrogen) atoms. The Kier molecular flexibility index (Phi) is 9.35. The summed E-state index contributed by atoms with van der Waals surface area (Å²) in [5.41, 5.74) is 1.31. The number of furan rings is 1. The monoisotopic (exact) mass is 546 g/mol. The standard InChI is InChI=1S/C25H27BrN2O5S/c1-4-30-21-13-17(14-22(31-5-2)23(21)32-6-3)24(29)28-25(34)27-15-19-11-12-20(33-19)16-7-9-18(26)10-8-16/h7-14H,4-6,15H2,1-3H3,(H2,27,28,29,34). The van der Waals surface area contributed by atoms with Crippen LogP contribution in [0.3, 0.4) is 0 Å². The molecule has 0 aliphatic heterocycles. The number of ether oxygens (including phenoxy) is 3. The molecule has 3 aromatic rings. The molecule has 0 spiro atoms. The van der Waals surface area contributed by atoms with Crippen LogP contribution in [0.4, 0.5) is 0 Å². The number of halogens is 1. The molecule has 0 saturated heterocycles. The van der Waals surface area contributed by atoms with Crippen LogP contribution in [0.5, 0.6) is 17.2 Å². The maximum absolute atomic E-state index is 12.8. The van der Waals surface area contributed by atoms with E-state index >= 15 is 0 Å². The molecule has 0 radical (unpaired) electrons. The van der Waals surface area contributed by atoms with Crippen LogP contribution in [0, 0.1) is 0 Å². The Balaban J connectivity index is 1.65. The quantitative estimate of drug-likeness (QED) is 0.315. The van der Waals surface area contributed by atoms with Crippen molar-refractivity contribution in [3.63, 3.8) is 0 Å². The van der Waals surface area contributed by atoms with Gasteiger partial charge in [0.25, 0.3) is 5.91 Å². The second-order valence-electron chi connectivity index (χ2n) is 7.01. The van der Waals surface area contributed by atoms with Crippen LogP contribution in [0.25, 0.3) is 11.3 Å². The molecule has 0 unspecified atom stereocenters. The fourth-order valence-electron chi connectivity index (χ4n) is 3.15. The predicted octanol–water partition coefficient (Wildman–Crippen LogP) is 5.71. The number of hydrogen-bond donors (Lipinski definition) is 2. The van der Waals surface area contributed by atoms with Gasteiger partial charge in [-0.1, -0.05) is 28.1 Å². The van der Waals surface area contributed by atoms with Crippen molar-refractivity contribution in [2.24, 2.45) is 0 Å². The minimum absolute atomic E-state index is 0.177. The van der Waals surface area contributed by atoms with Gasteiger partial charge in [-0.05, 0) is 69.4 Å². The van der Waals surface area contributed by atoms with E-state index in [1.807, 2.05) is 57.2 Å². The SMILES string of the molecule is CCOc1cc(C(=O)NC(=S)NCc2ccc(-c3ccc(Br)cc3)o2)cc(OCC)c1OCC. The topological polar surface area (TPSA) is 82.0 Å². The zero-order valence-corrected chi connectivity index (χ0v) is 21.7. The highest BCUT2D eigenvalue weighted by Crippen LogP contribution is 2.39. The lowest BCUT2D eigenvalue weighted by Gasteiger charge is -2.17. The molecular weight excluding hydrogens is 520 g/mol. The lowest BCUT2D eigenvalue weighted by molar-refractivity contribution is 0.0975. The molecule has 0 saturated carbocycles. The van der Waals surface area contributed by atoms with Crippen LogP contribution in [0.15, 0.2) is 57.4 Å². The number of hydrogen-bond acceptors (Lipinski definition) is 6. The van der Waals surface area contributed by atoms with Crippen LogP contribution in [-0.4, -0.2) is 30.8 Å². The van der Waals surface area contributed by atoms with E-state index in [-0.39, 0.29) is 5.11 Å². The van der Waals surface area contributed by atoms with Gasteiger partial charge in [0, 0.05) is 15.6 Å². The number of rotatable bonds is 10. The van der Waals surface area contributed by atoms with Crippen molar-refractivity contribution in [2.75, 3.05) is 19.8 Å². The van der Waals surface area contributed by atoms with Gasteiger partial charge in [-0.15, -0.1) is 0 Å². The second-order valence-corrected chi connectivity index (χ2v) is 8.33. The zero-order valence-electron chi connectivity index (χ0n) is 19.3. The van der Waals surface area contributed by atoms with Crippen molar-refractivity contribution in [3.05, 3.63) is 64.3 Å². The molecule has 0 fully saturated rings. The minimum atomic E-state index is -0.391. The van der Waals surface area contributed by atoms with E-state index in [9.17, 15) is 4.79 Å². The van der Waals surface area contributed by atoms with Crippen molar-refractivity contribution < 1.29 is 23.4 Å². The smallest absolute Gasteiger partial charge is 0.257 e. The Morgan fingerprint density at radius 2 is 1.56 bits per heavy atom. The van der Waals surface area contributed by atoms with E-state index in [1.165, 1.54) is 0 Å². The molecule has 9 heteroatoms. The Bertz CT molecular complexity index is 1100. The molecule has 0 atom stereocenters. The Hall–Kier alpha value is -3.04. The van der Waals surface area contributed by atoms with Crippen molar-refractivity contribution >= 4 is 39.2 Å². The molecule has 0 bridgehead atoms. The summed E-state index contributed by atoms with van der Waals surface area (Å²) in [6, 6.07) is 14.8. The van der Waals surface area contributed by atoms with E-state index < -0.39 is 5.91 Å². The molecule has 2 aromatic carbocycles. The van der Waals surface area contributed by atoms with Crippen molar-refractivity contribution in [1.82, 2.24) is 10.6 Å². The van der Waals surface area contributed by atoms with Crippen LogP contribution in [0.1, 0.15) is 36.9 Å². The van der Waals surface area contributed by atoms with Gasteiger partial charge in [-0.25, -0.2) is 0 Å². The first kappa shape index (κ1) is 25.6. The third-order valence-electron chi connectivity index (χ3n) is 4.61. The highest BCUT2D eigenvalue weighted by molar-refractivity contribution is 9.10. The van der Waals surface area contributed by atoms with Gasteiger partial charge >= 0.3 is 0 Å². The predicted molar refractivity (Wildman–Crippen MR) is 139 cm³/mol. The summed E-state index contributed by atoms with van der Waals surface area (Å²) in [4.78, 5) is 12.8. The van der Waals surface area contributed by atoms with Gasteiger partial charge in [0.2, 0.25) is 5.75 Å². The maximum atomic E-state index is 12.8. The molecule has 180 valence electrons. The molecule has 7 nitrogen and oxygen atoms in total. The average molecular weight is 547 g/mol. The Morgan fingerprint density at radius 1 is 0.941 bits per heavy atom. The second kappa shape index (κ2) is 12.4. The fourth-order valence-corrected chi connectivity index (χ4v) is 3.58. The molecule has 1 heterocycles. The summed E-state index contributed by atoms with van der Waals surface area (Å²) in [5.74, 6) is 2.40. The van der Waals surface area contributed by atoms with Gasteiger partial charge in [0.1, 0.15) is 11.5 Å². The summed E-state index contributed by atoms with van der Waals surface area (Å²) < 4.78 is 23.9. The molecule has 2 N–H and O–H groups in total. The number of thiocarbonyl (C=S) groups is 1. The number of amides is 1. The number of carbonyl (C=O) groups is 1. The summed E-state index contributed by atoms with van der Waals surface area (Å²) >= 11 is 8.73. The van der Waals surface area contributed by atoms with E-state index in [4.69, 9.17) is 30.8 Å². The average Bonchev–Trinajstić information content (AvgIpc) is 3.29. The van der Waals surface area contributed by atoms with Crippen LogP contribution in [0.2, 0.25) is 0 Å². The number of benzene rings is 2. The van der Waals surface area contributed by atoms with Gasteiger partial charge in [0.15, 0.2) is 16.6 Å². The number of nitrogens with one attached hydrogen (secondary N) is 2. The maximum Gasteiger partial charge on any atom is 0.257 e. The van der Waals surface area contributed by atoms with Crippen LogP contribution < -0.4 is 24.8 Å². The molecule has 0 aliphatic carbocycles. The van der Waals surface area contributed by atoms with Crippen LogP contribution >= 0.6 is 28.1 Å². The van der Waals surface area contributed by atoms with E-state index in [0.717, 1.165) is 15.8 Å². The van der Waals surface area contributed by atoms with Gasteiger partial charge in [0.05, 0.1) is 26.4 Å². The zero-order chi connectivity index (χ0) is 24.5. The largest absolute Gasteiger partial charge is 0.490 e. The van der Waals surface area contributed by atoms with E-state index in [0.29, 0.717) is 54.9 Å². The van der Waals surface area contributed by atoms with Crippen molar-refractivity contribution in [2.45, 2.75) is 27.3 Å². The molecule has 1 aromatic heterocycles. The third-order valence-corrected chi connectivity index (χ3v) is 5.39. The summed E-state index contributed by atoms with van der Waals surface area (Å²) in [6.45, 7) is 7.20. The minimum Gasteiger partial charge on any atom is -0.490 e. The highest BCUT2D eigenvalue weighted by Gasteiger charge is 2.19. The lowest BCUT2D eigenvalue weighted by atomic mass is 10.1. The van der Waals surface area contributed by atoms with Crippen molar-refractivity contribution in [1.29, 1.82) is 0 Å². The highest BCUT2D eigenvalue weighted by atomic mass is 79.9. The molecular formula is C25H27BrN2O5S. The Morgan fingerprint density at radius 3 is 2.15 bits per heavy atom.